The minimum absolute atomic E-state index is 0.00842. The second-order valence-corrected chi connectivity index (χ2v) is 7.96. The van der Waals surface area contributed by atoms with Crippen molar-refractivity contribution in [3.05, 3.63) is 65.5 Å². The van der Waals surface area contributed by atoms with Crippen LogP contribution < -0.4 is 10.6 Å². The molecule has 1 fully saturated rings. The standard InChI is InChI=1S/C23H23ClN4O4/c24-18-6-2-3-7-19(18)26-15-9-11-28(12-10-15)21(30)13-25-23(31)22-17(14-32-27-22)16-5-1-4-8-20(16)29/h1-8,14-15,26,29H,9-13H2,(H,25,31). The zero-order chi connectivity index (χ0) is 22.5. The highest BCUT2D eigenvalue weighted by atomic mass is 35.5. The minimum atomic E-state index is -0.541. The smallest absolute Gasteiger partial charge is 0.274 e. The van der Waals surface area contributed by atoms with Gasteiger partial charge in [0.05, 0.1) is 22.8 Å². The number of hydrogen-bond donors (Lipinski definition) is 3. The number of nitrogens with one attached hydrogen (secondary N) is 2. The highest BCUT2D eigenvalue weighted by molar-refractivity contribution is 6.33. The van der Waals surface area contributed by atoms with E-state index in [0.29, 0.717) is 29.2 Å². The molecule has 2 amide bonds. The fraction of sp³-hybridized carbons (Fsp3) is 0.261. The summed E-state index contributed by atoms with van der Waals surface area (Å²) < 4.78 is 4.93. The molecule has 0 spiro atoms. The van der Waals surface area contributed by atoms with E-state index in [-0.39, 0.29) is 29.9 Å². The molecule has 0 radical (unpaired) electrons. The second-order valence-electron chi connectivity index (χ2n) is 7.56. The Balaban J connectivity index is 1.29. The number of para-hydroxylation sites is 2. The molecule has 8 nitrogen and oxygen atoms in total. The van der Waals surface area contributed by atoms with Gasteiger partial charge in [-0.05, 0) is 31.0 Å². The number of piperidine rings is 1. The summed E-state index contributed by atoms with van der Waals surface area (Å²) in [5.41, 5.74) is 1.69. The number of benzene rings is 2. The molecule has 2 heterocycles. The van der Waals surface area contributed by atoms with Gasteiger partial charge in [-0.3, -0.25) is 9.59 Å². The van der Waals surface area contributed by atoms with Crippen LogP contribution in [0.1, 0.15) is 23.3 Å². The summed E-state index contributed by atoms with van der Waals surface area (Å²) in [5.74, 6) is -0.697. The topological polar surface area (TPSA) is 108 Å². The van der Waals surface area contributed by atoms with E-state index in [4.69, 9.17) is 16.1 Å². The highest BCUT2D eigenvalue weighted by Gasteiger charge is 2.25. The van der Waals surface area contributed by atoms with Crippen LogP contribution in [0.25, 0.3) is 11.1 Å². The number of aromatic nitrogens is 1. The zero-order valence-electron chi connectivity index (χ0n) is 17.3. The Morgan fingerprint density at radius 2 is 1.81 bits per heavy atom. The van der Waals surface area contributed by atoms with Gasteiger partial charge in [-0.2, -0.15) is 0 Å². The van der Waals surface area contributed by atoms with Crippen molar-refractivity contribution in [2.24, 2.45) is 0 Å². The van der Waals surface area contributed by atoms with Crippen LogP contribution in [0.3, 0.4) is 0 Å². The van der Waals surface area contributed by atoms with Crippen LogP contribution in [0.5, 0.6) is 5.75 Å². The summed E-state index contributed by atoms with van der Waals surface area (Å²) in [7, 11) is 0. The molecule has 9 heteroatoms. The molecule has 2 aromatic carbocycles. The fourth-order valence-corrected chi connectivity index (χ4v) is 3.91. The van der Waals surface area contributed by atoms with Crippen LogP contribution in [0.4, 0.5) is 5.69 Å². The normalized spacial score (nSPS) is 14.2. The van der Waals surface area contributed by atoms with Gasteiger partial charge in [0, 0.05) is 24.7 Å². The van der Waals surface area contributed by atoms with Crippen molar-refractivity contribution in [3.8, 4) is 16.9 Å². The van der Waals surface area contributed by atoms with E-state index in [1.54, 1.807) is 23.1 Å². The van der Waals surface area contributed by atoms with E-state index in [9.17, 15) is 14.7 Å². The molecule has 166 valence electrons. The lowest BCUT2D eigenvalue weighted by atomic mass is 10.0. The number of likely N-dealkylation sites (tertiary alicyclic amines) is 1. The van der Waals surface area contributed by atoms with E-state index >= 15 is 0 Å². The SMILES string of the molecule is O=C(NCC(=O)N1CCC(Nc2ccccc2Cl)CC1)c1nocc1-c1ccccc1O. The van der Waals surface area contributed by atoms with Crippen molar-refractivity contribution in [1.82, 2.24) is 15.4 Å². The Labute approximate surface area is 190 Å². The Morgan fingerprint density at radius 3 is 2.56 bits per heavy atom. The summed E-state index contributed by atoms with van der Waals surface area (Å²) in [4.78, 5) is 26.9. The average Bonchev–Trinajstić information content (AvgIpc) is 3.29. The van der Waals surface area contributed by atoms with Gasteiger partial charge in [0.1, 0.15) is 12.0 Å². The van der Waals surface area contributed by atoms with E-state index < -0.39 is 5.91 Å². The largest absolute Gasteiger partial charge is 0.507 e. The van der Waals surface area contributed by atoms with Crippen LogP contribution >= 0.6 is 11.6 Å². The number of halogens is 1. The fourth-order valence-electron chi connectivity index (χ4n) is 3.72. The molecule has 1 aromatic heterocycles. The molecular formula is C23H23ClN4O4. The number of amides is 2. The third-order valence-electron chi connectivity index (χ3n) is 5.46. The number of aromatic hydroxyl groups is 1. The average molecular weight is 455 g/mol. The van der Waals surface area contributed by atoms with Crippen LogP contribution in [0.15, 0.2) is 59.3 Å². The maximum Gasteiger partial charge on any atom is 0.274 e. The molecule has 0 atom stereocenters. The van der Waals surface area contributed by atoms with Crippen LogP contribution in [-0.2, 0) is 4.79 Å². The number of hydrogen-bond acceptors (Lipinski definition) is 6. The first-order valence-electron chi connectivity index (χ1n) is 10.3. The van der Waals surface area contributed by atoms with Crippen LogP contribution in [0.2, 0.25) is 5.02 Å². The summed E-state index contributed by atoms with van der Waals surface area (Å²) in [6.45, 7) is 1.03. The van der Waals surface area contributed by atoms with Gasteiger partial charge in [0.15, 0.2) is 5.69 Å². The molecule has 0 unspecified atom stereocenters. The molecule has 1 aliphatic heterocycles. The van der Waals surface area contributed by atoms with Crippen LogP contribution in [-0.4, -0.2) is 52.7 Å². The molecule has 4 rings (SSSR count). The number of phenols is 1. The van der Waals surface area contributed by atoms with Gasteiger partial charge < -0.3 is 25.2 Å². The first-order valence-corrected chi connectivity index (χ1v) is 10.7. The molecule has 0 saturated carbocycles. The van der Waals surface area contributed by atoms with Gasteiger partial charge >= 0.3 is 0 Å². The van der Waals surface area contributed by atoms with E-state index in [1.807, 2.05) is 24.3 Å². The molecule has 0 bridgehead atoms. The molecule has 1 saturated heterocycles. The maximum atomic E-state index is 12.6. The van der Waals surface area contributed by atoms with Gasteiger partial charge in [-0.15, -0.1) is 0 Å². The number of carbonyl (C=O) groups is 2. The van der Waals surface area contributed by atoms with Crippen molar-refractivity contribution >= 4 is 29.1 Å². The van der Waals surface area contributed by atoms with E-state index in [0.717, 1.165) is 18.5 Å². The second kappa shape index (κ2) is 9.74. The number of carbonyl (C=O) groups excluding carboxylic acids is 2. The van der Waals surface area contributed by atoms with Gasteiger partial charge in [-0.1, -0.05) is 47.1 Å². The Morgan fingerprint density at radius 1 is 1.09 bits per heavy atom. The molecule has 0 aliphatic carbocycles. The number of nitrogens with zero attached hydrogens (tertiary/aromatic N) is 2. The molecule has 32 heavy (non-hydrogen) atoms. The summed E-state index contributed by atoms with van der Waals surface area (Å²) in [6.07, 6.45) is 2.86. The predicted octanol–water partition coefficient (Wildman–Crippen LogP) is 3.53. The molecule has 3 aromatic rings. The lowest BCUT2D eigenvalue weighted by molar-refractivity contribution is -0.131. The number of phenolic OH excluding ortho intramolecular Hbond substituents is 1. The Bertz CT molecular complexity index is 1110. The van der Waals surface area contributed by atoms with Crippen molar-refractivity contribution in [2.75, 3.05) is 25.0 Å². The molecule has 3 N–H and O–H groups in total. The minimum Gasteiger partial charge on any atom is -0.507 e. The lowest BCUT2D eigenvalue weighted by Crippen LogP contribution is -2.46. The van der Waals surface area contributed by atoms with E-state index in [1.165, 1.54) is 12.3 Å². The van der Waals surface area contributed by atoms with Crippen molar-refractivity contribution in [2.45, 2.75) is 18.9 Å². The summed E-state index contributed by atoms with van der Waals surface area (Å²) in [5, 5.41) is 20.5. The van der Waals surface area contributed by atoms with Crippen molar-refractivity contribution < 1.29 is 19.2 Å². The number of anilines is 1. The van der Waals surface area contributed by atoms with E-state index in [2.05, 4.69) is 15.8 Å². The van der Waals surface area contributed by atoms with Crippen molar-refractivity contribution in [3.63, 3.8) is 0 Å². The summed E-state index contributed by atoms with van der Waals surface area (Å²) >= 11 is 6.20. The third kappa shape index (κ3) is 4.86. The van der Waals surface area contributed by atoms with Gasteiger partial charge in [0.25, 0.3) is 5.91 Å². The first-order chi connectivity index (χ1) is 15.5. The predicted molar refractivity (Wildman–Crippen MR) is 121 cm³/mol. The maximum absolute atomic E-state index is 12.6. The molecule has 1 aliphatic rings. The zero-order valence-corrected chi connectivity index (χ0v) is 18.0. The third-order valence-corrected chi connectivity index (χ3v) is 5.79. The monoisotopic (exact) mass is 454 g/mol. The van der Waals surface area contributed by atoms with Gasteiger partial charge in [0.2, 0.25) is 5.91 Å². The van der Waals surface area contributed by atoms with Crippen molar-refractivity contribution in [1.29, 1.82) is 0 Å². The Kier molecular flexibility index (Phi) is 6.61. The molecular weight excluding hydrogens is 432 g/mol. The van der Waals surface area contributed by atoms with Crippen LogP contribution in [0, 0.1) is 0 Å². The first kappa shape index (κ1) is 21.7. The Hall–Kier alpha value is -3.52. The number of rotatable bonds is 6. The quantitative estimate of drug-likeness (QED) is 0.526. The lowest BCUT2D eigenvalue weighted by Gasteiger charge is -2.33. The highest BCUT2D eigenvalue weighted by Crippen LogP contribution is 2.31. The summed E-state index contributed by atoms with van der Waals surface area (Å²) in [6, 6.07) is 14.4. The van der Waals surface area contributed by atoms with Gasteiger partial charge in [-0.25, -0.2) is 0 Å².